The van der Waals surface area contributed by atoms with Gasteiger partial charge in [-0.05, 0) is 11.6 Å². The van der Waals surface area contributed by atoms with Gasteiger partial charge >= 0.3 is 11.9 Å². The molecule has 2 amide bonds. The number of hydrogen-bond acceptors (Lipinski definition) is 6. The number of rotatable bonds is 9. The number of ether oxygens (including phenoxy) is 1. The van der Waals surface area contributed by atoms with Gasteiger partial charge < -0.3 is 25.5 Å². The lowest BCUT2D eigenvalue weighted by Gasteiger charge is -2.21. The van der Waals surface area contributed by atoms with Gasteiger partial charge in [-0.1, -0.05) is 18.2 Å². The molecule has 9 nitrogen and oxygen atoms in total. The molecule has 0 aliphatic heterocycles. The van der Waals surface area contributed by atoms with Crippen LogP contribution in [-0.2, 0) is 30.3 Å². The van der Waals surface area contributed by atoms with Crippen LogP contribution in [0.15, 0.2) is 30.5 Å². The number of amides is 2. The van der Waals surface area contributed by atoms with Crippen molar-refractivity contribution >= 4 is 47.3 Å². The highest BCUT2D eigenvalue weighted by Crippen LogP contribution is 2.19. The van der Waals surface area contributed by atoms with Crippen LogP contribution in [0.1, 0.15) is 12.0 Å². The first kappa shape index (κ1) is 21.3. The number of nitrogens with one attached hydrogen (secondary N) is 3. The van der Waals surface area contributed by atoms with Gasteiger partial charge in [-0.25, -0.2) is 4.79 Å². The highest BCUT2D eigenvalue weighted by Gasteiger charge is 2.29. The van der Waals surface area contributed by atoms with Gasteiger partial charge in [0.05, 0.1) is 19.3 Å². The minimum Gasteiger partial charge on any atom is -0.481 e. The van der Waals surface area contributed by atoms with E-state index >= 15 is 0 Å². The van der Waals surface area contributed by atoms with Gasteiger partial charge in [0.25, 0.3) is 0 Å². The van der Waals surface area contributed by atoms with E-state index in [9.17, 15) is 19.2 Å². The average molecular weight is 407 g/mol. The monoisotopic (exact) mass is 407 g/mol. The number of carboxylic acids is 1. The number of carbonyl (C=O) groups is 4. The standard InChI is InChI=1S/C18H21N3O6S/c1-27-18(26)14(6-10-8-19-12-5-3-2-4-11(10)12)21-17(25)13(7-16(23)24)20-15(22)9-28/h2-5,8,13-14,19,28H,6-7,9H2,1H3,(H,20,22)(H,21,25)(H,23,24)/t13?,14-/m0/s1. The maximum atomic E-state index is 12.5. The molecule has 2 rings (SSSR count). The normalized spacial score (nSPS) is 12.8. The molecule has 10 heteroatoms. The lowest BCUT2D eigenvalue weighted by Crippen LogP contribution is -2.53. The Bertz CT molecular complexity index is 881. The van der Waals surface area contributed by atoms with Crippen LogP contribution in [0.3, 0.4) is 0 Å². The van der Waals surface area contributed by atoms with Gasteiger partial charge in [-0.2, -0.15) is 12.6 Å². The van der Waals surface area contributed by atoms with E-state index in [0.717, 1.165) is 16.5 Å². The topological polar surface area (TPSA) is 138 Å². The third-order valence-corrected chi connectivity index (χ3v) is 4.36. The van der Waals surface area contributed by atoms with Crippen LogP contribution in [0.5, 0.6) is 0 Å². The summed E-state index contributed by atoms with van der Waals surface area (Å²) < 4.78 is 4.76. The molecule has 0 aliphatic carbocycles. The largest absolute Gasteiger partial charge is 0.481 e. The molecule has 0 fully saturated rings. The molecule has 150 valence electrons. The maximum absolute atomic E-state index is 12.5. The first-order valence-corrected chi connectivity index (χ1v) is 9.04. The van der Waals surface area contributed by atoms with Crippen molar-refractivity contribution in [3.8, 4) is 0 Å². The van der Waals surface area contributed by atoms with Crippen LogP contribution in [-0.4, -0.2) is 58.8 Å². The van der Waals surface area contributed by atoms with E-state index in [0.29, 0.717) is 0 Å². The molecule has 0 saturated carbocycles. The second-order valence-electron chi connectivity index (χ2n) is 6.02. The van der Waals surface area contributed by atoms with Crippen molar-refractivity contribution in [2.24, 2.45) is 0 Å². The van der Waals surface area contributed by atoms with E-state index in [4.69, 9.17) is 9.84 Å². The third-order valence-electron chi connectivity index (χ3n) is 4.08. The fraction of sp³-hybridized carbons (Fsp3) is 0.333. The predicted molar refractivity (Wildman–Crippen MR) is 104 cm³/mol. The van der Waals surface area contributed by atoms with Gasteiger partial charge in [-0.15, -0.1) is 0 Å². The summed E-state index contributed by atoms with van der Waals surface area (Å²) >= 11 is 3.79. The van der Waals surface area contributed by atoms with Crippen LogP contribution >= 0.6 is 12.6 Å². The highest BCUT2D eigenvalue weighted by atomic mass is 32.1. The highest BCUT2D eigenvalue weighted by molar-refractivity contribution is 7.81. The molecule has 0 saturated heterocycles. The van der Waals surface area contributed by atoms with E-state index in [1.807, 2.05) is 24.3 Å². The number of carboxylic acid groups (broad SMARTS) is 1. The van der Waals surface area contributed by atoms with Crippen LogP contribution in [0, 0.1) is 0 Å². The first-order chi connectivity index (χ1) is 13.3. The van der Waals surface area contributed by atoms with E-state index in [1.165, 1.54) is 7.11 Å². The van der Waals surface area contributed by atoms with Crippen LogP contribution in [0.25, 0.3) is 10.9 Å². The fourth-order valence-electron chi connectivity index (χ4n) is 2.75. The molecule has 1 heterocycles. The summed E-state index contributed by atoms with van der Waals surface area (Å²) in [4.78, 5) is 50.3. The zero-order chi connectivity index (χ0) is 20.7. The minimum absolute atomic E-state index is 0.128. The van der Waals surface area contributed by atoms with Crippen molar-refractivity contribution in [3.63, 3.8) is 0 Å². The van der Waals surface area contributed by atoms with Crippen molar-refractivity contribution in [1.29, 1.82) is 0 Å². The Hall–Kier alpha value is -3.01. The van der Waals surface area contributed by atoms with Crippen molar-refractivity contribution in [2.75, 3.05) is 12.9 Å². The number of benzene rings is 1. The molecule has 1 aromatic carbocycles. The van der Waals surface area contributed by atoms with Gasteiger partial charge in [0.2, 0.25) is 11.8 Å². The third kappa shape index (κ3) is 5.49. The SMILES string of the molecule is COC(=O)[C@H](Cc1c[nH]c2ccccc12)NC(=O)C(CC(=O)O)NC(=O)CS. The Morgan fingerprint density at radius 3 is 2.54 bits per heavy atom. The molecule has 2 atom stereocenters. The van der Waals surface area contributed by atoms with E-state index in [-0.39, 0.29) is 12.2 Å². The van der Waals surface area contributed by atoms with Crippen LogP contribution in [0.4, 0.5) is 0 Å². The predicted octanol–water partition coefficient (Wildman–Crippen LogP) is 0.257. The number of H-pyrrole nitrogens is 1. The number of aromatic amines is 1. The van der Waals surface area contributed by atoms with Crippen molar-refractivity contribution < 1.29 is 29.0 Å². The van der Waals surface area contributed by atoms with E-state index < -0.39 is 42.3 Å². The van der Waals surface area contributed by atoms with Crippen LogP contribution in [0.2, 0.25) is 0 Å². The number of thiol groups is 1. The summed E-state index contributed by atoms with van der Waals surface area (Å²) in [6, 6.07) is 5.07. The average Bonchev–Trinajstić information content (AvgIpc) is 3.08. The van der Waals surface area contributed by atoms with Crippen molar-refractivity contribution in [3.05, 3.63) is 36.0 Å². The number of esters is 1. The molecule has 4 N–H and O–H groups in total. The quantitative estimate of drug-likeness (QED) is 0.299. The van der Waals surface area contributed by atoms with E-state index in [2.05, 4.69) is 28.2 Å². The summed E-state index contributed by atoms with van der Waals surface area (Å²) in [5.74, 6) is -3.57. The number of fused-ring (bicyclic) bond motifs is 1. The zero-order valence-corrected chi connectivity index (χ0v) is 16.0. The van der Waals surface area contributed by atoms with E-state index in [1.54, 1.807) is 6.20 Å². The fourth-order valence-corrected chi connectivity index (χ4v) is 2.84. The smallest absolute Gasteiger partial charge is 0.328 e. The molecule has 0 radical (unpaired) electrons. The Morgan fingerprint density at radius 1 is 1.18 bits per heavy atom. The summed E-state index contributed by atoms with van der Waals surface area (Å²) in [5, 5.41) is 14.6. The molecule has 28 heavy (non-hydrogen) atoms. The molecule has 0 aliphatic rings. The zero-order valence-electron chi connectivity index (χ0n) is 15.1. The van der Waals surface area contributed by atoms with Crippen molar-refractivity contribution in [2.45, 2.75) is 24.9 Å². The number of carbonyl (C=O) groups excluding carboxylic acids is 3. The minimum atomic E-state index is -1.34. The summed E-state index contributed by atoms with van der Waals surface area (Å²) in [6.07, 6.45) is 1.22. The lowest BCUT2D eigenvalue weighted by atomic mass is 10.0. The lowest BCUT2D eigenvalue weighted by molar-refractivity contribution is -0.145. The van der Waals surface area contributed by atoms with Gasteiger partial charge in [0.15, 0.2) is 0 Å². The summed E-state index contributed by atoms with van der Waals surface area (Å²) in [5.41, 5.74) is 1.65. The molecule has 1 unspecified atom stereocenters. The molecule has 0 spiro atoms. The second kappa shape index (κ2) is 9.79. The summed E-state index contributed by atoms with van der Waals surface area (Å²) in [7, 11) is 1.19. The molecular weight excluding hydrogens is 386 g/mol. The van der Waals surface area contributed by atoms with Gasteiger partial charge in [-0.3, -0.25) is 14.4 Å². The van der Waals surface area contributed by atoms with Gasteiger partial charge in [0.1, 0.15) is 12.1 Å². The number of para-hydroxylation sites is 1. The number of aromatic nitrogens is 1. The number of aliphatic carboxylic acids is 1. The Kier molecular flexibility index (Phi) is 7.44. The van der Waals surface area contributed by atoms with Gasteiger partial charge in [0, 0.05) is 23.5 Å². The first-order valence-electron chi connectivity index (χ1n) is 8.41. The summed E-state index contributed by atoms with van der Waals surface area (Å²) in [6.45, 7) is 0. The molecule has 2 aromatic rings. The molecule has 1 aromatic heterocycles. The Labute approximate surface area is 166 Å². The Morgan fingerprint density at radius 2 is 1.89 bits per heavy atom. The molecule has 0 bridgehead atoms. The van der Waals surface area contributed by atoms with Crippen LogP contribution < -0.4 is 10.6 Å². The molecular formula is C18H21N3O6S. The number of methoxy groups -OCH3 is 1. The number of hydrogen-bond donors (Lipinski definition) is 5. The van der Waals surface area contributed by atoms with Crippen molar-refractivity contribution in [1.82, 2.24) is 15.6 Å². The maximum Gasteiger partial charge on any atom is 0.328 e. The second-order valence-corrected chi connectivity index (χ2v) is 6.34. The Balaban J connectivity index is 2.19.